The van der Waals surface area contributed by atoms with E-state index in [1.165, 1.54) is 19.1 Å². The van der Waals surface area contributed by atoms with Crippen molar-refractivity contribution in [2.24, 2.45) is 0 Å². The van der Waals surface area contributed by atoms with Crippen LogP contribution in [0.5, 0.6) is 5.75 Å². The number of nitrogens with zero attached hydrogens (tertiary/aromatic N) is 1. The molecule has 7 nitrogen and oxygen atoms in total. The number of carbonyl (C=O) groups excluding carboxylic acids is 4. The zero-order chi connectivity index (χ0) is 23.3. The Morgan fingerprint density at radius 2 is 1.50 bits per heavy atom. The molecule has 0 saturated heterocycles. The third-order valence-electron chi connectivity index (χ3n) is 4.70. The van der Waals surface area contributed by atoms with Crippen LogP contribution in [-0.4, -0.2) is 38.0 Å². The van der Waals surface area contributed by atoms with Crippen LogP contribution in [0.3, 0.4) is 0 Å². The number of esters is 1. The lowest BCUT2D eigenvalue weighted by molar-refractivity contribution is -0.131. The Bertz CT molecular complexity index is 1190. The Labute approximate surface area is 185 Å². The molecule has 0 aliphatic carbocycles. The van der Waals surface area contributed by atoms with Crippen molar-refractivity contribution in [1.29, 1.82) is 0 Å². The first kappa shape index (κ1) is 22.4. The standard InChI is InChI=1S/C25H22N2O5/c1-16(29)32-22-14-13-21(20(15-28)23(22)27(2)3)26-25(31)19-12-8-7-11-18(19)24(30)17-9-5-4-6-10-17/h4-15H,1-3H3,(H,26,31). The Kier molecular flexibility index (Phi) is 6.80. The van der Waals surface area contributed by atoms with Crippen molar-refractivity contribution in [2.75, 3.05) is 24.3 Å². The number of rotatable bonds is 7. The highest BCUT2D eigenvalue weighted by atomic mass is 16.5. The number of benzene rings is 3. The van der Waals surface area contributed by atoms with Crippen molar-refractivity contribution < 1.29 is 23.9 Å². The molecule has 3 rings (SSSR count). The van der Waals surface area contributed by atoms with Gasteiger partial charge in [-0.1, -0.05) is 48.5 Å². The van der Waals surface area contributed by atoms with Gasteiger partial charge in [-0.3, -0.25) is 19.2 Å². The average molecular weight is 430 g/mol. The molecule has 0 saturated carbocycles. The predicted molar refractivity (Wildman–Crippen MR) is 122 cm³/mol. The Balaban J connectivity index is 2.00. The van der Waals surface area contributed by atoms with E-state index in [1.54, 1.807) is 73.6 Å². The first-order chi connectivity index (χ1) is 15.3. The van der Waals surface area contributed by atoms with Crippen LogP contribution >= 0.6 is 0 Å². The fourth-order valence-corrected chi connectivity index (χ4v) is 3.33. The van der Waals surface area contributed by atoms with Gasteiger partial charge in [-0.25, -0.2) is 0 Å². The van der Waals surface area contributed by atoms with Gasteiger partial charge in [0.05, 0.1) is 22.5 Å². The average Bonchev–Trinajstić information content (AvgIpc) is 2.79. The van der Waals surface area contributed by atoms with Crippen molar-refractivity contribution >= 4 is 35.3 Å². The summed E-state index contributed by atoms with van der Waals surface area (Å²) in [6, 6.07) is 18.1. The SMILES string of the molecule is CC(=O)Oc1ccc(NC(=O)c2ccccc2C(=O)c2ccccc2)c(C=O)c1N(C)C. The normalized spacial score (nSPS) is 10.2. The number of hydrogen-bond donors (Lipinski definition) is 1. The summed E-state index contributed by atoms with van der Waals surface area (Å²) < 4.78 is 5.20. The van der Waals surface area contributed by atoms with E-state index < -0.39 is 11.9 Å². The second-order valence-electron chi connectivity index (χ2n) is 7.17. The van der Waals surface area contributed by atoms with E-state index in [2.05, 4.69) is 5.32 Å². The monoisotopic (exact) mass is 430 g/mol. The number of carbonyl (C=O) groups is 4. The molecule has 1 amide bonds. The highest BCUT2D eigenvalue weighted by Crippen LogP contribution is 2.35. The number of amides is 1. The maximum atomic E-state index is 13.1. The van der Waals surface area contributed by atoms with Gasteiger partial charge in [-0.15, -0.1) is 0 Å². The third kappa shape index (κ3) is 4.73. The maximum absolute atomic E-state index is 13.1. The number of ether oxygens (including phenoxy) is 1. The maximum Gasteiger partial charge on any atom is 0.308 e. The minimum atomic E-state index is -0.544. The lowest BCUT2D eigenvalue weighted by Gasteiger charge is -2.21. The van der Waals surface area contributed by atoms with Gasteiger partial charge in [-0.2, -0.15) is 0 Å². The summed E-state index contributed by atoms with van der Waals surface area (Å²) in [4.78, 5) is 51.0. The number of ketones is 1. The fourth-order valence-electron chi connectivity index (χ4n) is 3.33. The summed E-state index contributed by atoms with van der Waals surface area (Å²) in [5, 5.41) is 2.71. The number of hydrogen-bond acceptors (Lipinski definition) is 6. The van der Waals surface area contributed by atoms with Crippen LogP contribution in [0.15, 0.2) is 66.7 Å². The van der Waals surface area contributed by atoms with E-state index in [0.717, 1.165) is 0 Å². The molecule has 0 heterocycles. The van der Waals surface area contributed by atoms with E-state index in [9.17, 15) is 19.2 Å². The molecular formula is C25H22N2O5. The van der Waals surface area contributed by atoms with Crippen molar-refractivity contribution in [3.63, 3.8) is 0 Å². The van der Waals surface area contributed by atoms with Gasteiger partial charge in [0.25, 0.3) is 5.91 Å². The first-order valence-corrected chi connectivity index (χ1v) is 9.81. The van der Waals surface area contributed by atoms with Gasteiger partial charge in [0.1, 0.15) is 0 Å². The van der Waals surface area contributed by atoms with Crippen LogP contribution in [0.4, 0.5) is 11.4 Å². The highest BCUT2D eigenvalue weighted by molar-refractivity contribution is 6.18. The molecule has 0 atom stereocenters. The topological polar surface area (TPSA) is 92.8 Å². The van der Waals surface area contributed by atoms with Crippen LogP contribution in [0.25, 0.3) is 0 Å². The summed E-state index contributed by atoms with van der Waals surface area (Å²) in [5.41, 5.74) is 1.60. The Morgan fingerprint density at radius 3 is 2.09 bits per heavy atom. The van der Waals surface area contributed by atoms with E-state index in [-0.39, 0.29) is 33.9 Å². The van der Waals surface area contributed by atoms with Gasteiger partial charge >= 0.3 is 5.97 Å². The lowest BCUT2D eigenvalue weighted by atomic mass is 9.97. The molecule has 3 aromatic rings. The molecule has 32 heavy (non-hydrogen) atoms. The molecule has 7 heteroatoms. The molecule has 0 bridgehead atoms. The van der Waals surface area contributed by atoms with Crippen molar-refractivity contribution in [3.8, 4) is 5.75 Å². The molecule has 0 spiro atoms. The predicted octanol–water partition coefficient (Wildman–Crippen LogP) is 3.97. The molecule has 3 aromatic carbocycles. The first-order valence-electron chi connectivity index (χ1n) is 9.81. The van der Waals surface area contributed by atoms with Gasteiger partial charge in [0.15, 0.2) is 17.8 Å². The minimum absolute atomic E-state index is 0.147. The molecule has 1 N–H and O–H groups in total. The summed E-state index contributed by atoms with van der Waals surface area (Å²) in [5.74, 6) is -1.17. The quantitative estimate of drug-likeness (QED) is 0.264. The molecule has 0 radical (unpaired) electrons. The third-order valence-corrected chi connectivity index (χ3v) is 4.70. The lowest BCUT2D eigenvalue weighted by Crippen LogP contribution is -2.20. The van der Waals surface area contributed by atoms with Crippen LogP contribution in [0.1, 0.15) is 43.6 Å². The van der Waals surface area contributed by atoms with E-state index in [4.69, 9.17) is 4.74 Å². The van der Waals surface area contributed by atoms with Crippen molar-refractivity contribution in [3.05, 3.63) is 89.0 Å². The van der Waals surface area contributed by atoms with Gasteiger partial charge in [-0.05, 0) is 18.2 Å². The smallest absolute Gasteiger partial charge is 0.308 e. The van der Waals surface area contributed by atoms with E-state index in [1.807, 2.05) is 0 Å². The van der Waals surface area contributed by atoms with E-state index in [0.29, 0.717) is 17.5 Å². The number of nitrogens with one attached hydrogen (secondary N) is 1. The number of aldehydes is 1. The van der Waals surface area contributed by atoms with Crippen molar-refractivity contribution in [1.82, 2.24) is 0 Å². The molecule has 162 valence electrons. The molecule has 0 unspecified atom stereocenters. The summed E-state index contributed by atoms with van der Waals surface area (Å²) in [7, 11) is 3.38. The molecule has 0 aromatic heterocycles. The van der Waals surface area contributed by atoms with Gasteiger partial charge < -0.3 is 15.0 Å². The second kappa shape index (κ2) is 9.70. The van der Waals surface area contributed by atoms with E-state index >= 15 is 0 Å². The Hall–Kier alpha value is -4.26. The van der Waals surface area contributed by atoms with Gasteiger partial charge in [0.2, 0.25) is 0 Å². The van der Waals surface area contributed by atoms with Gasteiger partial charge in [0, 0.05) is 32.1 Å². The molecule has 0 aliphatic heterocycles. The van der Waals surface area contributed by atoms with Crippen LogP contribution in [0.2, 0.25) is 0 Å². The van der Waals surface area contributed by atoms with Crippen LogP contribution in [0, 0.1) is 0 Å². The second-order valence-corrected chi connectivity index (χ2v) is 7.17. The molecule has 0 fully saturated rings. The van der Waals surface area contributed by atoms with Crippen LogP contribution in [-0.2, 0) is 4.79 Å². The Morgan fingerprint density at radius 1 is 0.875 bits per heavy atom. The fraction of sp³-hybridized carbons (Fsp3) is 0.120. The molecular weight excluding hydrogens is 408 g/mol. The zero-order valence-corrected chi connectivity index (χ0v) is 17.9. The summed E-state index contributed by atoms with van der Waals surface area (Å²) >= 11 is 0. The molecule has 0 aliphatic rings. The summed E-state index contributed by atoms with van der Waals surface area (Å²) in [6.07, 6.45) is 0.582. The minimum Gasteiger partial charge on any atom is -0.424 e. The summed E-state index contributed by atoms with van der Waals surface area (Å²) in [6.45, 7) is 1.26. The largest absolute Gasteiger partial charge is 0.424 e. The zero-order valence-electron chi connectivity index (χ0n) is 17.9. The van der Waals surface area contributed by atoms with Crippen molar-refractivity contribution in [2.45, 2.75) is 6.92 Å². The van der Waals surface area contributed by atoms with Crippen LogP contribution < -0.4 is 15.0 Å². The highest BCUT2D eigenvalue weighted by Gasteiger charge is 2.22. The number of anilines is 2.